The standard InChI is InChI=1S/C17H19FN2O3/c18-12-3-1-2-11(10-12)17(23)19-13-4-6-14(7-5-13)20-15(21)8-9-16(20)22/h1-3,10,13-14H,4-9H2,(H,19,23). The Hall–Kier alpha value is -2.24. The minimum absolute atomic E-state index is 0.00479. The van der Waals surface area contributed by atoms with E-state index in [1.165, 1.54) is 23.1 Å². The van der Waals surface area contributed by atoms with Gasteiger partial charge in [-0.05, 0) is 43.9 Å². The molecule has 5 nitrogen and oxygen atoms in total. The van der Waals surface area contributed by atoms with Crippen molar-refractivity contribution in [1.29, 1.82) is 0 Å². The Morgan fingerprint density at radius 3 is 2.35 bits per heavy atom. The maximum atomic E-state index is 13.2. The van der Waals surface area contributed by atoms with Gasteiger partial charge >= 0.3 is 0 Å². The van der Waals surface area contributed by atoms with Crippen LogP contribution in [0.5, 0.6) is 0 Å². The number of benzene rings is 1. The molecule has 3 rings (SSSR count). The van der Waals surface area contributed by atoms with Crippen molar-refractivity contribution < 1.29 is 18.8 Å². The summed E-state index contributed by atoms with van der Waals surface area (Å²) in [7, 11) is 0. The third kappa shape index (κ3) is 3.41. The number of carbonyl (C=O) groups excluding carboxylic acids is 3. The highest BCUT2D eigenvalue weighted by atomic mass is 19.1. The van der Waals surface area contributed by atoms with Gasteiger partial charge in [-0.1, -0.05) is 6.07 Å². The lowest BCUT2D eigenvalue weighted by Crippen LogP contribution is -2.45. The van der Waals surface area contributed by atoms with Crippen molar-refractivity contribution in [2.24, 2.45) is 0 Å². The van der Waals surface area contributed by atoms with E-state index in [4.69, 9.17) is 0 Å². The third-order valence-corrected chi connectivity index (χ3v) is 4.57. The maximum absolute atomic E-state index is 13.2. The lowest BCUT2D eigenvalue weighted by atomic mass is 9.90. The van der Waals surface area contributed by atoms with Crippen LogP contribution in [0.1, 0.15) is 48.9 Å². The monoisotopic (exact) mass is 318 g/mol. The molecular formula is C17H19FN2O3. The molecule has 1 aromatic carbocycles. The summed E-state index contributed by atoms with van der Waals surface area (Å²) in [5, 5.41) is 2.90. The van der Waals surface area contributed by atoms with Crippen molar-refractivity contribution in [3.05, 3.63) is 35.6 Å². The fourth-order valence-corrected chi connectivity index (χ4v) is 3.38. The summed E-state index contributed by atoms with van der Waals surface area (Å²) in [6.07, 6.45) is 3.45. The molecule has 0 bridgehead atoms. The first-order valence-electron chi connectivity index (χ1n) is 7.96. The number of carbonyl (C=O) groups is 3. The molecule has 1 aliphatic heterocycles. The van der Waals surface area contributed by atoms with Crippen LogP contribution in [-0.4, -0.2) is 34.7 Å². The molecule has 2 fully saturated rings. The zero-order chi connectivity index (χ0) is 16.4. The highest BCUT2D eigenvalue weighted by molar-refractivity contribution is 6.02. The lowest BCUT2D eigenvalue weighted by Gasteiger charge is -2.33. The van der Waals surface area contributed by atoms with E-state index in [0.717, 1.165) is 0 Å². The highest BCUT2D eigenvalue weighted by Crippen LogP contribution is 2.27. The van der Waals surface area contributed by atoms with E-state index in [1.807, 2.05) is 0 Å². The number of nitrogens with zero attached hydrogens (tertiary/aromatic N) is 1. The zero-order valence-electron chi connectivity index (χ0n) is 12.8. The second-order valence-electron chi connectivity index (χ2n) is 6.15. The van der Waals surface area contributed by atoms with Gasteiger partial charge in [-0.3, -0.25) is 19.3 Å². The maximum Gasteiger partial charge on any atom is 0.251 e. The minimum Gasteiger partial charge on any atom is -0.349 e. The normalized spacial score (nSPS) is 24.8. The Bertz CT molecular complexity index is 622. The fraction of sp³-hybridized carbons (Fsp3) is 0.471. The summed E-state index contributed by atoms with van der Waals surface area (Å²) in [5.41, 5.74) is 0.303. The molecular weight excluding hydrogens is 299 g/mol. The molecule has 0 aromatic heterocycles. The smallest absolute Gasteiger partial charge is 0.251 e. The Kier molecular flexibility index (Phi) is 4.41. The lowest BCUT2D eigenvalue weighted by molar-refractivity contribution is -0.141. The van der Waals surface area contributed by atoms with E-state index in [1.54, 1.807) is 6.07 Å². The van der Waals surface area contributed by atoms with Crippen LogP contribution in [0.3, 0.4) is 0 Å². The van der Waals surface area contributed by atoms with Gasteiger partial charge in [0.15, 0.2) is 0 Å². The van der Waals surface area contributed by atoms with Gasteiger partial charge in [-0.2, -0.15) is 0 Å². The molecule has 1 saturated heterocycles. The molecule has 1 saturated carbocycles. The second kappa shape index (κ2) is 6.48. The van der Waals surface area contributed by atoms with Crippen LogP contribution in [-0.2, 0) is 9.59 Å². The molecule has 1 heterocycles. The van der Waals surface area contributed by atoms with E-state index in [9.17, 15) is 18.8 Å². The molecule has 0 atom stereocenters. The first-order chi connectivity index (χ1) is 11.0. The number of hydrogen-bond donors (Lipinski definition) is 1. The molecule has 1 N–H and O–H groups in total. The van der Waals surface area contributed by atoms with Crippen molar-refractivity contribution in [2.45, 2.75) is 50.6 Å². The molecule has 1 aromatic rings. The Morgan fingerprint density at radius 2 is 1.74 bits per heavy atom. The van der Waals surface area contributed by atoms with Crippen molar-refractivity contribution >= 4 is 17.7 Å². The number of halogens is 1. The molecule has 0 spiro atoms. The first-order valence-corrected chi connectivity index (χ1v) is 7.96. The molecule has 23 heavy (non-hydrogen) atoms. The molecule has 122 valence electrons. The summed E-state index contributed by atoms with van der Waals surface area (Å²) in [4.78, 5) is 37.0. The third-order valence-electron chi connectivity index (χ3n) is 4.57. The number of likely N-dealkylation sites (tertiary alicyclic amines) is 1. The van der Waals surface area contributed by atoms with Gasteiger partial charge in [-0.15, -0.1) is 0 Å². The van der Waals surface area contributed by atoms with E-state index in [-0.39, 0.29) is 29.8 Å². The molecule has 1 aliphatic carbocycles. The summed E-state index contributed by atoms with van der Waals surface area (Å²) >= 11 is 0. The SMILES string of the molecule is O=C(NC1CCC(N2C(=O)CCC2=O)CC1)c1cccc(F)c1. The Morgan fingerprint density at radius 1 is 1.09 bits per heavy atom. The number of nitrogens with one attached hydrogen (secondary N) is 1. The Labute approximate surface area is 133 Å². The van der Waals surface area contributed by atoms with Gasteiger partial charge in [0.25, 0.3) is 5.91 Å². The van der Waals surface area contributed by atoms with Crippen LogP contribution >= 0.6 is 0 Å². The van der Waals surface area contributed by atoms with Crippen LogP contribution in [0.15, 0.2) is 24.3 Å². The van der Waals surface area contributed by atoms with Gasteiger partial charge in [0.1, 0.15) is 5.82 Å². The van der Waals surface area contributed by atoms with Gasteiger partial charge in [0.05, 0.1) is 0 Å². The van der Waals surface area contributed by atoms with Crippen LogP contribution in [0, 0.1) is 5.82 Å². The van der Waals surface area contributed by atoms with Crippen molar-refractivity contribution in [3.8, 4) is 0 Å². The first kappa shape index (κ1) is 15.6. The number of amides is 3. The van der Waals surface area contributed by atoms with Crippen LogP contribution in [0.4, 0.5) is 4.39 Å². The van der Waals surface area contributed by atoms with E-state index < -0.39 is 5.82 Å². The largest absolute Gasteiger partial charge is 0.349 e. The fourth-order valence-electron chi connectivity index (χ4n) is 3.38. The van der Waals surface area contributed by atoms with Crippen molar-refractivity contribution in [2.75, 3.05) is 0 Å². The molecule has 0 unspecified atom stereocenters. The van der Waals surface area contributed by atoms with Gasteiger partial charge in [-0.25, -0.2) is 4.39 Å². The van der Waals surface area contributed by atoms with E-state index >= 15 is 0 Å². The van der Waals surface area contributed by atoms with E-state index in [0.29, 0.717) is 44.1 Å². The van der Waals surface area contributed by atoms with Crippen LogP contribution in [0.2, 0.25) is 0 Å². The zero-order valence-corrected chi connectivity index (χ0v) is 12.8. The van der Waals surface area contributed by atoms with Crippen molar-refractivity contribution in [1.82, 2.24) is 10.2 Å². The molecule has 2 aliphatic rings. The minimum atomic E-state index is -0.438. The predicted octanol–water partition coefficient (Wildman–Crippen LogP) is 2.02. The molecule has 6 heteroatoms. The quantitative estimate of drug-likeness (QED) is 0.867. The topological polar surface area (TPSA) is 66.5 Å². The van der Waals surface area contributed by atoms with Crippen molar-refractivity contribution in [3.63, 3.8) is 0 Å². The average Bonchev–Trinajstić information content (AvgIpc) is 2.87. The number of imide groups is 1. The molecule has 0 radical (unpaired) electrons. The van der Waals surface area contributed by atoms with Gasteiger partial charge in [0.2, 0.25) is 11.8 Å². The summed E-state index contributed by atoms with van der Waals surface area (Å²) in [6, 6.07) is 5.54. The van der Waals surface area contributed by atoms with Crippen LogP contribution in [0.25, 0.3) is 0 Å². The van der Waals surface area contributed by atoms with Gasteiger partial charge < -0.3 is 5.32 Å². The van der Waals surface area contributed by atoms with Crippen LogP contribution < -0.4 is 5.32 Å². The number of hydrogen-bond acceptors (Lipinski definition) is 3. The Balaban J connectivity index is 1.54. The second-order valence-corrected chi connectivity index (χ2v) is 6.15. The summed E-state index contributed by atoms with van der Waals surface area (Å²) in [6.45, 7) is 0. The molecule has 3 amide bonds. The van der Waals surface area contributed by atoms with E-state index in [2.05, 4.69) is 5.32 Å². The van der Waals surface area contributed by atoms with Gasteiger partial charge in [0, 0.05) is 30.5 Å². The highest BCUT2D eigenvalue weighted by Gasteiger charge is 2.37. The summed E-state index contributed by atoms with van der Waals surface area (Å²) < 4.78 is 13.2. The average molecular weight is 318 g/mol. The summed E-state index contributed by atoms with van der Waals surface area (Å²) in [5.74, 6) is -0.891. The number of rotatable bonds is 3. The predicted molar refractivity (Wildman–Crippen MR) is 81.0 cm³/mol.